The molecule has 10 nitrogen and oxygen atoms in total. The largest absolute Gasteiger partial charge is 0.463 e. The number of nitrogens with zero attached hydrogens (tertiary/aromatic N) is 1. The number of benzene rings is 1. The molecule has 0 aromatic heterocycles. The van der Waals surface area contributed by atoms with Crippen LogP contribution in [-0.2, 0) is 33.3 Å². The Balaban J connectivity index is 2.01. The second-order valence-corrected chi connectivity index (χ2v) is 6.99. The van der Waals surface area contributed by atoms with E-state index >= 15 is 4.39 Å². The Morgan fingerprint density at radius 1 is 0.935 bits per heavy atom. The molecule has 1 saturated heterocycles. The van der Waals surface area contributed by atoms with E-state index in [0.29, 0.717) is 4.90 Å². The molecule has 1 fully saturated rings. The normalized spacial score (nSPS) is 27.5. The SMILES string of the molecule is CC(=O)OC[C@@H]1O[C@H](F)[C@H](N2C(=O)c3ccccc3C2=O)[C@H](OC(C)=O)[C@@H]1OC(C)=O. The number of halogens is 1. The van der Waals surface area contributed by atoms with Gasteiger partial charge < -0.3 is 18.9 Å². The maximum absolute atomic E-state index is 15.2. The van der Waals surface area contributed by atoms with Crippen LogP contribution in [0.3, 0.4) is 0 Å². The molecule has 3 rings (SSSR count). The zero-order chi connectivity index (χ0) is 22.9. The number of hydrogen-bond acceptors (Lipinski definition) is 9. The van der Waals surface area contributed by atoms with E-state index in [4.69, 9.17) is 18.9 Å². The molecule has 11 heteroatoms. The minimum Gasteiger partial charge on any atom is -0.463 e. The van der Waals surface area contributed by atoms with E-state index in [2.05, 4.69) is 0 Å². The molecule has 31 heavy (non-hydrogen) atoms. The number of carbonyl (C=O) groups is 5. The molecule has 2 amide bonds. The van der Waals surface area contributed by atoms with Crippen LogP contribution in [0.1, 0.15) is 41.5 Å². The summed E-state index contributed by atoms with van der Waals surface area (Å²) in [7, 11) is 0. The van der Waals surface area contributed by atoms with Crippen molar-refractivity contribution in [3.8, 4) is 0 Å². The molecule has 2 aliphatic heterocycles. The van der Waals surface area contributed by atoms with Crippen LogP contribution < -0.4 is 0 Å². The van der Waals surface area contributed by atoms with E-state index in [1.54, 1.807) is 0 Å². The van der Waals surface area contributed by atoms with Crippen molar-refractivity contribution in [3.05, 3.63) is 35.4 Å². The first kappa shape index (κ1) is 22.3. The fourth-order valence-corrected chi connectivity index (χ4v) is 3.62. The van der Waals surface area contributed by atoms with Crippen LogP contribution in [0.5, 0.6) is 0 Å². The van der Waals surface area contributed by atoms with Crippen LogP contribution in [0.2, 0.25) is 0 Å². The van der Waals surface area contributed by atoms with Gasteiger partial charge in [0.1, 0.15) is 18.8 Å². The van der Waals surface area contributed by atoms with Gasteiger partial charge in [-0.25, -0.2) is 4.39 Å². The first-order valence-electron chi connectivity index (χ1n) is 9.36. The predicted molar refractivity (Wildman–Crippen MR) is 98.2 cm³/mol. The van der Waals surface area contributed by atoms with Gasteiger partial charge in [-0.05, 0) is 12.1 Å². The van der Waals surface area contributed by atoms with Gasteiger partial charge in [0.15, 0.2) is 12.2 Å². The highest BCUT2D eigenvalue weighted by Gasteiger charge is 2.57. The second kappa shape index (κ2) is 8.80. The lowest BCUT2D eigenvalue weighted by Crippen LogP contribution is -2.66. The Morgan fingerprint density at radius 2 is 1.45 bits per heavy atom. The van der Waals surface area contributed by atoms with Crippen molar-refractivity contribution in [1.82, 2.24) is 4.90 Å². The highest BCUT2D eigenvalue weighted by Crippen LogP contribution is 2.35. The maximum atomic E-state index is 15.2. The zero-order valence-electron chi connectivity index (χ0n) is 16.9. The molecule has 2 aliphatic rings. The third-order valence-corrected chi connectivity index (χ3v) is 4.78. The van der Waals surface area contributed by atoms with Crippen LogP contribution >= 0.6 is 0 Å². The number of amides is 2. The third-order valence-electron chi connectivity index (χ3n) is 4.78. The number of fused-ring (bicyclic) bond motifs is 1. The molecule has 0 unspecified atom stereocenters. The summed E-state index contributed by atoms with van der Waals surface area (Å²) in [5.41, 5.74) is 0.0969. The molecule has 5 atom stereocenters. The molecule has 166 valence electrons. The summed E-state index contributed by atoms with van der Waals surface area (Å²) in [5.74, 6) is -4.02. The third kappa shape index (κ3) is 4.41. The smallest absolute Gasteiger partial charge is 0.303 e. The fraction of sp³-hybridized carbons (Fsp3) is 0.450. The van der Waals surface area contributed by atoms with Gasteiger partial charge in [0.05, 0.1) is 11.1 Å². The van der Waals surface area contributed by atoms with Gasteiger partial charge in [-0.15, -0.1) is 0 Å². The van der Waals surface area contributed by atoms with Crippen molar-refractivity contribution in [3.63, 3.8) is 0 Å². The van der Waals surface area contributed by atoms with E-state index < -0.39 is 67.0 Å². The zero-order valence-corrected chi connectivity index (χ0v) is 16.9. The summed E-state index contributed by atoms with van der Waals surface area (Å²) in [5, 5.41) is 0. The number of hydrogen-bond donors (Lipinski definition) is 0. The van der Waals surface area contributed by atoms with Gasteiger partial charge in [-0.1, -0.05) is 12.1 Å². The van der Waals surface area contributed by atoms with Crippen LogP contribution in [0.25, 0.3) is 0 Å². The van der Waals surface area contributed by atoms with Crippen molar-refractivity contribution in [2.24, 2.45) is 0 Å². The number of esters is 3. The lowest BCUT2D eigenvalue weighted by Gasteiger charge is -2.44. The van der Waals surface area contributed by atoms with Crippen LogP contribution in [-0.4, -0.2) is 71.9 Å². The monoisotopic (exact) mass is 437 g/mol. The molecular formula is C20H20FNO9. The Kier molecular flexibility index (Phi) is 6.34. The summed E-state index contributed by atoms with van der Waals surface area (Å²) in [6.45, 7) is 2.70. The van der Waals surface area contributed by atoms with Gasteiger partial charge in [-0.2, -0.15) is 0 Å². The molecular weight excluding hydrogens is 417 g/mol. The Labute approximate surface area is 176 Å². The predicted octanol–water partition coefficient (Wildman–Crippen LogP) is 0.772. The van der Waals surface area contributed by atoms with Crippen molar-refractivity contribution in [2.45, 2.75) is 51.5 Å². The van der Waals surface area contributed by atoms with Crippen LogP contribution in [0.15, 0.2) is 24.3 Å². The van der Waals surface area contributed by atoms with Crippen molar-refractivity contribution in [2.75, 3.05) is 6.61 Å². The first-order valence-corrected chi connectivity index (χ1v) is 9.36. The average Bonchev–Trinajstić information content (AvgIpc) is 2.93. The first-order chi connectivity index (χ1) is 14.6. The van der Waals surface area contributed by atoms with E-state index in [1.165, 1.54) is 24.3 Å². The highest BCUT2D eigenvalue weighted by molar-refractivity contribution is 6.21. The molecule has 0 bridgehead atoms. The van der Waals surface area contributed by atoms with E-state index in [0.717, 1.165) is 20.8 Å². The number of carbonyl (C=O) groups excluding carboxylic acids is 5. The van der Waals surface area contributed by atoms with Crippen molar-refractivity contribution < 1.29 is 47.3 Å². The summed E-state index contributed by atoms with van der Waals surface area (Å²) in [6, 6.07) is 4.14. The standard InChI is InChI=1S/C20H20FNO9/c1-9(23)28-8-14-16(29-10(2)24)17(30-11(3)25)15(18(21)31-14)22-19(26)12-6-4-5-7-13(12)20(22)27/h4-7,14-18H,8H2,1-3H3/t14-,15+,16+,17-,18-/m0/s1. The summed E-state index contributed by atoms with van der Waals surface area (Å²) < 4.78 is 35.7. The molecule has 2 heterocycles. The minimum absolute atomic E-state index is 0.0485. The number of rotatable bonds is 5. The van der Waals surface area contributed by atoms with E-state index in [-0.39, 0.29) is 11.1 Å². The minimum atomic E-state index is -2.32. The molecule has 0 radical (unpaired) electrons. The van der Waals surface area contributed by atoms with Gasteiger partial charge >= 0.3 is 17.9 Å². The number of alkyl halides is 1. The summed E-state index contributed by atoms with van der Waals surface area (Å²) in [4.78, 5) is 61.0. The van der Waals surface area contributed by atoms with Crippen molar-refractivity contribution >= 4 is 29.7 Å². The van der Waals surface area contributed by atoms with Gasteiger partial charge in [0, 0.05) is 20.8 Å². The van der Waals surface area contributed by atoms with Gasteiger partial charge in [0.2, 0.25) is 6.36 Å². The average molecular weight is 437 g/mol. The number of imide groups is 1. The molecule has 0 aliphatic carbocycles. The lowest BCUT2D eigenvalue weighted by molar-refractivity contribution is -0.253. The molecule has 0 spiro atoms. The van der Waals surface area contributed by atoms with Crippen LogP contribution in [0.4, 0.5) is 4.39 Å². The van der Waals surface area contributed by atoms with E-state index in [1.807, 2.05) is 0 Å². The summed E-state index contributed by atoms with van der Waals surface area (Å²) >= 11 is 0. The molecule has 1 aromatic rings. The Morgan fingerprint density at radius 3 is 1.94 bits per heavy atom. The van der Waals surface area contributed by atoms with Crippen LogP contribution in [0, 0.1) is 0 Å². The second-order valence-electron chi connectivity index (χ2n) is 6.99. The quantitative estimate of drug-likeness (QED) is 0.373. The molecule has 0 saturated carbocycles. The topological polar surface area (TPSA) is 126 Å². The maximum Gasteiger partial charge on any atom is 0.303 e. The fourth-order valence-electron chi connectivity index (χ4n) is 3.62. The van der Waals surface area contributed by atoms with Gasteiger partial charge in [0.25, 0.3) is 11.8 Å². The molecule has 1 aromatic carbocycles. The van der Waals surface area contributed by atoms with Gasteiger partial charge in [-0.3, -0.25) is 28.9 Å². The highest BCUT2D eigenvalue weighted by atomic mass is 19.1. The lowest BCUT2D eigenvalue weighted by atomic mass is 9.95. The summed E-state index contributed by atoms with van der Waals surface area (Å²) in [6.07, 6.45) is -6.73. The van der Waals surface area contributed by atoms with Crippen molar-refractivity contribution in [1.29, 1.82) is 0 Å². The van der Waals surface area contributed by atoms with E-state index in [9.17, 15) is 24.0 Å². The molecule has 0 N–H and O–H groups in total. The number of ether oxygens (including phenoxy) is 4. The Hall–Kier alpha value is -3.34. The Bertz CT molecular complexity index is 898.